The molecule has 1 saturated carbocycles. The summed E-state index contributed by atoms with van der Waals surface area (Å²) in [7, 11) is 3.89. The van der Waals surface area contributed by atoms with Crippen LogP contribution in [0.2, 0.25) is 0 Å². The normalized spacial score (nSPS) is 16.0. The predicted octanol–water partition coefficient (Wildman–Crippen LogP) is 4.54. The first kappa shape index (κ1) is 53.0. The van der Waals surface area contributed by atoms with Gasteiger partial charge in [0.25, 0.3) is 11.8 Å². The highest BCUT2D eigenvalue weighted by atomic mass is 16.5. The number of amides is 3. The molecule has 15 nitrogen and oxygen atoms in total. The fourth-order valence-corrected chi connectivity index (χ4v) is 6.68. The Kier molecular flexibility index (Phi) is 29.1. The Morgan fingerprint density at radius 1 is 0.689 bits per heavy atom. The topological polar surface area (TPSA) is 232 Å². The number of allylic oxidation sites excluding steroid dienone is 2. The second-order valence-corrected chi connectivity index (χ2v) is 15.8. The van der Waals surface area contributed by atoms with Gasteiger partial charge in [0.15, 0.2) is 0 Å². The Balaban J connectivity index is 2.16. The number of carbonyl (C=O) groups is 3. The molecule has 346 valence electrons. The quantitative estimate of drug-likeness (QED) is 0.0219. The van der Waals surface area contributed by atoms with Crippen molar-refractivity contribution in [2.75, 3.05) is 79.8 Å². The Bertz CT molecular complexity index is 1480. The lowest BCUT2D eigenvalue weighted by Gasteiger charge is -2.29. The Labute approximate surface area is 366 Å². The van der Waals surface area contributed by atoms with Crippen LogP contribution in [0.4, 0.5) is 0 Å². The number of nitrogens with zero attached hydrogens (tertiary/aromatic N) is 1. The van der Waals surface area contributed by atoms with E-state index >= 15 is 0 Å². The average molecular weight is 857 g/mol. The van der Waals surface area contributed by atoms with Gasteiger partial charge in [-0.25, -0.2) is 0 Å². The molecule has 11 N–H and O–H groups in total. The molecule has 1 aromatic carbocycles. The molecule has 0 saturated heterocycles. The minimum absolute atomic E-state index is 0.0601. The number of nitrogens with one attached hydrogen (secondary N) is 3. The summed E-state index contributed by atoms with van der Waals surface area (Å²) < 4.78 is 24.4. The van der Waals surface area contributed by atoms with E-state index in [0.29, 0.717) is 126 Å². The Hall–Kier alpha value is -4.15. The summed E-state index contributed by atoms with van der Waals surface area (Å²) >= 11 is 0. The van der Waals surface area contributed by atoms with Gasteiger partial charge in [0.05, 0.1) is 37.6 Å². The lowest BCUT2D eigenvalue weighted by atomic mass is 9.91. The molecule has 0 heterocycles. The van der Waals surface area contributed by atoms with Crippen molar-refractivity contribution in [1.29, 1.82) is 0 Å². The van der Waals surface area contributed by atoms with E-state index in [-0.39, 0.29) is 29.8 Å². The van der Waals surface area contributed by atoms with Crippen molar-refractivity contribution in [3.63, 3.8) is 0 Å². The van der Waals surface area contributed by atoms with E-state index < -0.39 is 0 Å². The first-order valence-electron chi connectivity index (χ1n) is 22.7. The van der Waals surface area contributed by atoms with Crippen LogP contribution in [0.25, 0.3) is 0 Å². The van der Waals surface area contributed by atoms with E-state index in [1.807, 2.05) is 25.1 Å². The summed E-state index contributed by atoms with van der Waals surface area (Å²) in [6.07, 6.45) is 18.1. The standard InChI is InChI=1S/C46H80N8O7/c1-4-40(45(56)51-27-28-54(2)3)42(60-31-15-7-11-25-49)34-39(59-30-14-6-10-24-48)35-44(55)52-36-17-19-37(20-18-36)53-46(57)41-22-21-38(58-29-13-5-9-23-47)33-43(41)61-32-16-8-12-26-50/h4,21-22,33-37H,5-20,23-32,47-50H2,1-3H3,(H,51,56)(H,52,55)(H,53,57)/b39-35-,40-4+,42-34+. The van der Waals surface area contributed by atoms with Crippen molar-refractivity contribution >= 4 is 17.7 Å². The van der Waals surface area contributed by atoms with Gasteiger partial charge in [-0.05, 0) is 162 Å². The van der Waals surface area contributed by atoms with E-state index in [1.165, 1.54) is 6.08 Å². The van der Waals surface area contributed by atoms with E-state index in [9.17, 15) is 14.4 Å². The number of benzene rings is 1. The number of unbranched alkanes of at least 4 members (excludes halogenated alkanes) is 8. The summed E-state index contributed by atoms with van der Waals surface area (Å²) in [5.41, 5.74) is 23.5. The number of hydrogen-bond donors (Lipinski definition) is 7. The zero-order valence-electron chi connectivity index (χ0n) is 37.6. The lowest BCUT2D eigenvalue weighted by Crippen LogP contribution is -2.43. The Morgan fingerprint density at radius 3 is 1.79 bits per heavy atom. The summed E-state index contributed by atoms with van der Waals surface area (Å²) in [5.74, 6) is 0.996. The molecule has 0 spiro atoms. The average Bonchev–Trinajstić information content (AvgIpc) is 3.24. The van der Waals surface area contributed by atoms with E-state index in [1.54, 1.807) is 31.2 Å². The van der Waals surface area contributed by atoms with Crippen molar-refractivity contribution in [3.8, 4) is 11.5 Å². The monoisotopic (exact) mass is 857 g/mol. The first-order chi connectivity index (χ1) is 29.6. The number of likely N-dealkylation sites (N-methyl/N-ethyl adjacent to an activating group) is 1. The summed E-state index contributed by atoms with van der Waals surface area (Å²) in [6, 6.07) is 5.22. The zero-order valence-corrected chi connectivity index (χ0v) is 37.6. The third kappa shape index (κ3) is 23.6. The molecule has 61 heavy (non-hydrogen) atoms. The number of nitrogens with two attached hydrogens (primary N) is 4. The number of ether oxygens (including phenoxy) is 4. The zero-order chi connectivity index (χ0) is 44.5. The van der Waals surface area contributed by atoms with Crippen molar-refractivity contribution < 1.29 is 33.3 Å². The maximum atomic E-state index is 13.6. The van der Waals surface area contributed by atoms with E-state index in [4.69, 9.17) is 41.9 Å². The molecule has 0 aromatic heterocycles. The lowest BCUT2D eigenvalue weighted by molar-refractivity contribution is -0.118. The number of rotatable bonds is 34. The van der Waals surface area contributed by atoms with Crippen molar-refractivity contribution in [2.45, 2.75) is 122 Å². The predicted molar refractivity (Wildman–Crippen MR) is 244 cm³/mol. The SMILES string of the molecule is C\C=C(C(=O)NCCN(C)C)/C(=C\C(=C\C(=O)NC1CCC(NC(=O)c2ccc(OCCCCCN)cc2OCCCCCN)CC1)OCCCCCN)OCCCCCN. The molecule has 15 heteroatoms. The molecular weight excluding hydrogens is 777 g/mol. The van der Waals surface area contributed by atoms with Crippen LogP contribution < -0.4 is 48.4 Å². The molecule has 0 atom stereocenters. The molecule has 0 aliphatic heterocycles. The summed E-state index contributed by atoms with van der Waals surface area (Å²) in [6.45, 7) is 7.21. The molecule has 1 aliphatic rings. The van der Waals surface area contributed by atoms with Gasteiger partial charge in [0, 0.05) is 43.4 Å². The van der Waals surface area contributed by atoms with Gasteiger partial charge in [-0.2, -0.15) is 0 Å². The fraction of sp³-hybridized carbons (Fsp3) is 0.674. The fourth-order valence-electron chi connectivity index (χ4n) is 6.68. The van der Waals surface area contributed by atoms with Gasteiger partial charge in [0.2, 0.25) is 5.91 Å². The number of carbonyl (C=O) groups excluding carboxylic acids is 3. The van der Waals surface area contributed by atoms with Crippen LogP contribution in [0, 0.1) is 0 Å². The third-order valence-corrected chi connectivity index (χ3v) is 10.2. The molecule has 2 rings (SSSR count). The van der Waals surface area contributed by atoms with Crippen molar-refractivity contribution in [2.24, 2.45) is 22.9 Å². The second-order valence-electron chi connectivity index (χ2n) is 15.8. The summed E-state index contributed by atoms with van der Waals surface area (Å²) in [5, 5.41) is 9.30. The maximum Gasteiger partial charge on any atom is 0.255 e. The van der Waals surface area contributed by atoms with Crippen molar-refractivity contribution in [3.05, 3.63) is 59.1 Å². The number of hydrogen-bond acceptors (Lipinski definition) is 12. The molecule has 1 aromatic rings. The van der Waals surface area contributed by atoms with Crippen LogP contribution in [0.1, 0.15) is 120 Å². The molecule has 0 bridgehead atoms. The smallest absolute Gasteiger partial charge is 0.255 e. The van der Waals surface area contributed by atoms with Gasteiger partial charge in [-0.3, -0.25) is 14.4 Å². The van der Waals surface area contributed by atoms with Crippen LogP contribution in [-0.4, -0.2) is 114 Å². The van der Waals surface area contributed by atoms with Crippen molar-refractivity contribution in [1.82, 2.24) is 20.9 Å². The van der Waals surface area contributed by atoms with E-state index in [0.717, 1.165) is 77.0 Å². The highest BCUT2D eigenvalue weighted by Gasteiger charge is 2.25. The molecule has 0 unspecified atom stereocenters. The minimum atomic E-state index is -0.310. The molecule has 1 aliphatic carbocycles. The van der Waals surface area contributed by atoms with E-state index in [2.05, 4.69) is 16.0 Å². The first-order valence-corrected chi connectivity index (χ1v) is 22.7. The molecule has 3 amide bonds. The summed E-state index contributed by atoms with van der Waals surface area (Å²) in [4.78, 5) is 42.5. The van der Waals surface area contributed by atoms with Gasteiger partial charge in [0.1, 0.15) is 23.0 Å². The van der Waals surface area contributed by atoms with Gasteiger partial charge >= 0.3 is 0 Å². The third-order valence-electron chi connectivity index (χ3n) is 10.2. The van der Waals surface area contributed by atoms with Crippen LogP contribution in [0.5, 0.6) is 11.5 Å². The second kappa shape index (κ2) is 33.5. The van der Waals surface area contributed by atoms with Crippen LogP contribution >= 0.6 is 0 Å². The van der Waals surface area contributed by atoms with Gasteiger partial charge < -0.3 is 62.7 Å². The maximum absolute atomic E-state index is 13.6. The van der Waals surface area contributed by atoms with Crippen LogP contribution in [-0.2, 0) is 19.1 Å². The highest BCUT2D eigenvalue weighted by molar-refractivity contribution is 5.98. The van der Waals surface area contributed by atoms with Crippen LogP contribution in [0.3, 0.4) is 0 Å². The molecule has 1 fully saturated rings. The highest BCUT2D eigenvalue weighted by Crippen LogP contribution is 2.27. The van der Waals surface area contributed by atoms with Gasteiger partial charge in [-0.15, -0.1) is 0 Å². The molecule has 0 radical (unpaired) electrons. The van der Waals surface area contributed by atoms with Crippen LogP contribution in [0.15, 0.2) is 53.5 Å². The molecular formula is C46H80N8O7. The van der Waals surface area contributed by atoms with Gasteiger partial charge in [-0.1, -0.05) is 6.08 Å². The minimum Gasteiger partial charge on any atom is -0.493 e. The largest absolute Gasteiger partial charge is 0.493 e. The Morgan fingerprint density at radius 2 is 1.23 bits per heavy atom.